The van der Waals surface area contributed by atoms with Crippen molar-refractivity contribution in [1.82, 2.24) is 10.2 Å². The molecule has 0 radical (unpaired) electrons. The molecule has 1 saturated heterocycles. The van der Waals surface area contributed by atoms with Crippen molar-refractivity contribution in [3.8, 4) is 17.2 Å². The summed E-state index contributed by atoms with van der Waals surface area (Å²) in [4.78, 5) is 41.7. The van der Waals surface area contributed by atoms with Gasteiger partial charge in [-0.15, -0.1) is 0 Å². The third-order valence-corrected chi connectivity index (χ3v) is 8.34. The lowest BCUT2D eigenvalue weighted by Crippen LogP contribution is -2.58. The lowest BCUT2D eigenvalue weighted by Gasteiger charge is -2.40. The Bertz CT molecular complexity index is 952. The third-order valence-electron chi connectivity index (χ3n) is 8.34. The number of amides is 3. The second-order valence-electron chi connectivity index (χ2n) is 10.7. The molecule has 1 aromatic rings. The first-order valence-electron chi connectivity index (χ1n) is 14.0. The van der Waals surface area contributed by atoms with E-state index in [1.165, 1.54) is 0 Å². The van der Waals surface area contributed by atoms with Gasteiger partial charge in [0.2, 0.25) is 23.5 Å². The van der Waals surface area contributed by atoms with Crippen molar-refractivity contribution < 1.29 is 28.6 Å². The molecular weight excluding hydrogens is 486 g/mol. The molecule has 3 amide bonds. The smallest absolute Gasteiger partial charge is 0.243 e. The number of carbonyl (C=O) groups is 3. The van der Waals surface area contributed by atoms with Gasteiger partial charge in [0.05, 0.1) is 27.2 Å². The van der Waals surface area contributed by atoms with E-state index in [2.05, 4.69) is 5.32 Å². The van der Waals surface area contributed by atoms with Gasteiger partial charge >= 0.3 is 0 Å². The molecule has 2 aliphatic rings. The maximum atomic E-state index is 14.4. The summed E-state index contributed by atoms with van der Waals surface area (Å²) in [5.74, 6) is 0.146. The lowest BCUT2D eigenvalue weighted by atomic mass is 9.75. The molecule has 0 aromatic heterocycles. The first kappa shape index (κ1) is 29.6. The Morgan fingerprint density at radius 3 is 2.11 bits per heavy atom. The fourth-order valence-electron chi connectivity index (χ4n) is 5.99. The Labute approximate surface area is 226 Å². The summed E-state index contributed by atoms with van der Waals surface area (Å²) in [5, 5.41) is 2.87. The average molecular weight is 532 g/mol. The number of piperidine rings is 1. The number of ether oxygens (including phenoxy) is 3. The molecule has 1 heterocycles. The highest BCUT2D eigenvalue weighted by Crippen LogP contribution is 2.45. The molecule has 2 unspecified atom stereocenters. The Morgan fingerprint density at radius 1 is 0.974 bits per heavy atom. The Morgan fingerprint density at radius 2 is 1.58 bits per heavy atom. The number of nitrogens with two attached hydrogens (primary N) is 1. The number of carbonyl (C=O) groups excluding carboxylic acids is 3. The van der Waals surface area contributed by atoms with Gasteiger partial charge in [-0.1, -0.05) is 39.5 Å². The summed E-state index contributed by atoms with van der Waals surface area (Å²) in [6.45, 7) is 4.34. The monoisotopic (exact) mass is 531 g/mol. The summed E-state index contributed by atoms with van der Waals surface area (Å²) in [6, 6.07) is 2.32. The van der Waals surface area contributed by atoms with Crippen LogP contribution in [0.4, 0.5) is 0 Å². The fraction of sp³-hybridized carbons (Fsp3) is 0.690. The SMILES string of the molecule is CC[C@H](C)[C@H](NC(=O)C1CCCCN1C(=O)C(c1cc(OC)c(OC)c(OC)c1)C1CCCCC1)C(N)=O. The Kier molecular flexibility index (Phi) is 10.7. The molecule has 0 bridgehead atoms. The first-order chi connectivity index (χ1) is 18.3. The van der Waals surface area contributed by atoms with Gasteiger partial charge in [-0.2, -0.15) is 0 Å². The van der Waals surface area contributed by atoms with Crippen molar-refractivity contribution in [2.75, 3.05) is 27.9 Å². The fourth-order valence-corrected chi connectivity index (χ4v) is 5.99. The van der Waals surface area contributed by atoms with Gasteiger partial charge in [-0.3, -0.25) is 14.4 Å². The summed E-state index contributed by atoms with van der Waals surface area (Å²) < 4.78 is 16.7. The van der Waals surface area contributed by atoms with Crippen molar-refractivity contribution in [1.29, 1.82) is 0 Å². The van der Waals surface area contributed by atoms with E-state index in [4.69, 9.17) is 19.9 Å². The number of nitrogens with one attached hydrogen (secondary N) is 1. The van der Waals surface area contributed by atoms with Crippen molar-refractivity contribution >= 4 is 17.7 Å². The molecule has 3 N–H and O–H groups in total. The van der Waals surface area contributed by atoms with Gasteiger partial charge in [0.15, 0.2) is 11.5 Å². The van der Waals surface area contributed by atoms with Crippen molar-refractivity contribution in [2.24, 2.45) is 17.6 Å². The van der Waals surface area contributed by atoms with E-state index < -0.39 is 23.9 Å². The Balaban J connectivity index is 1.99. The van der Waals surface area contributed by atoms with Crippen LogP contribution in [-0.2, 0) is 14.4 Å². The average Bonchev–Trinajstić information content (AvgIpc) is 2.95. The van der Waals surface area contributed by atoms with Crippen LogP contribution in [0.1, 0.15) is 83.1 Å². The minimum atomic E-state index is -0.768. The number of nitrogens with zero attached hydrogens (tertiary/aromatic N) is 1. The molecule has 2 fully saturated rings. The zero-order chi connectivity index (χ0) is 27.8. The minimum absolute atomic E-state index is 0.0646. The summed E-state index contributed by atoms with van der Waals surface area (Å²) >= 11 is 0. The molecule has 38 heavy (non-hydrogen) atoms. The van der Waals surface area contributed by atoms with Crippen LogP contribution in [0.5, 0.6) is 17.2 Å². The first-order valence-corrected chi connectivity index (χ1v) is 14.0. The molecule has 9 nitrogen and oxygen atoms in total. The van der Waals surface area contributed by atoms with Crippen LogP contribution in [0.2, 0.25) is 0 Å². The molecule has 212 valence electrons. The van der Waals surface area contributed by atoms with Gasteiger partial charge in [0.1, 0.15) is 12.1 Å². The molecule has 1 aliphatic carbocycles. The van der Waals surface area contributed by atoms with E-state index in [9.17, 15) is 14.4 Å². The highest BCUT2D eigenvalue weighted by Gasteiger charge is 2.41. The van der Waals surface area contributed by atoms with E-state index in [-0.39, 0.29) is 23.7 Å². The molecule has 1 aromatic carbocycles. The molecule has 1 aliphatic heterocycles. The van der Waals surface area contributed by atoms with Gasteiger partial charge in [-0.25, -0.2) is 0 Å². The molecule has 0 spiro atoms. The number of likely N-dealkylation sites (tertiary alicyclic amines) is 1. The third kappa shape index (κ3) is 6.53. The number of hydrogen-bond acceptors (Lipinski definition) is 6. The van der Waals surface area contributed by atoms with Gasteiger partial charge in [0.25, 0.3) is 0 Å². The van der Waals surface area contributed by atoms with E-state index in [0.29, 0.717) is 36.6 Å². The van der Waals surface area contributed by atoms with E-state index in [1.54, 1.807) is 26.2 Å². The summed E-state index contributed by atoms with van der Waals surface area (Å²) in [6.07, 6.45) is 8.09. The summed E-state index contributed by atoms with van der Waals surface area (Å²) in [7, 11) is 4.69. The topological polar surface area (TPSA) is 120 Å². The quantitative estimate of drug-likeness (QED) is 0.449. The van der Waals surface area contributed by atoms with Crippen molar-refractivity contribution in [3.05, 3.63) is 17.7 Å². The maximum absolute atomic E-state index is 14.4. The standard InChI is InChI=1S/C29H45N3O6/c1-6-18(2)25(27(30)33)31-28(34)21-14-10-11-15-32(21)29(35)24(19-12-8-7-9-13-19)20-16-22(36-3)26(38-5)23(17-20)37-4/h16-19,21,24-25H,6-15H2,1-5H3,(H2,30,33)(H,31,34)/t18-,21?,24?,25-/m0/s1. The van der Waals surface area contributed by atoms with Crippen LogP contribution in [0.15, 0.2) is 12.1 Å². The summed E-state index contributed by atoms with van der Waals surface area (Å²) in [5.41, 5.74) is 6.42. The van der Waals surface area contributed by atoms with Crippen LogP contribution in [0.25, 0.3) is 0 Å². The second-order valence-corrected chi connectivity index (χ2v) is 10.7. The number of primary amides is 1. The van der Waals surface area contributed by atoms with E-state index in [1.807, 2.05) is 26.0 Å². The van der Waals surface area contributed by atoms with Crippen LogP contribution < -0.4 is 25.3 Å². The molecular formula is C29H45N3O6. The molecule has 1 saturated carbocycles. The zero-order valence-corrected chi connectivity index (χ0v) is 23.6. The van der Waals surface area contributed by atoms with E-state index >= 15 is 0 Å². The normalized spacial score (nSPS) is 20.7. The Hall–Kier alpha value is -2.97. The number of rotatable bonds is 11. The maximum Gasteiger partial charge on any atom is 0.243 e. The molecule has 3 rings (SSSR count). The zero-order valence-electron chi connectivity index (χ0n) is 23.6. The largest absolute Gasteiger partial charge is 0.493 e. The predicted molar refractivity (Wildman–Crippen MR) is 145 cm³/mol. The highest BCUT2D eigenvalue weighted by molar-refractivity contribution is 5.93. The second kappa shape index (κ2) is 13.7. The predicted octanol–water partition coefficient (Wildman–Crippen LogP) is 3.77. The van der Waals surface area contributed by atoms with Gasteiger partial charge in [0, 0.05) is 6.54 Å². The van der Waals surface area contributed by atoms with Crippen LogP contribution in [0, 0.1) is 11.8 Å². The van der Waals surface area contributed by atoms with Crippen LogP contribution in [0.3, 0.4) is 0 Å². The number of methoxy groups -OCH3 is 3. The number of benzene rings is 1. The van der Waals surface area contributed by atoms with Crippen LogP contribution >= 0.6 is 0 Å². The molecule has 4 atom stereocenters. The van der Waals surface area contributed by atoms with Crippen molar-refractivity contribution in [3.63, 3.8) is 0 Å². The van der Waals surface area contributed by atoms with Crippen molar-refractivity contribution in [2.45, 2.75) is 89.6 Å². The van der Waals surface area contributed by atoms with Gasteiger partial charge in [-0.05, 0) is 61.6 Å². The van der Waals surface area contributed by atoms with Gasteiger partial charge < -0.3 is 30.2 Å². The van der Waals surface area contributed by atoms with Crippen LogP contribution in [-0.4, -0.2) is 62.6 Å². The minimum Gasteiger partial charge on any atom is -0.493 e. The molecule has 9 heteroatoms. The lowest BCUT2D eigenvalue weighted by molar-refractivity contribution is -0.145. The number of hydrogen-bond donors (Lipinski definition) is 2. The highest BCUT2D eigenvalue weighted by atomic mass is 16.5. The van der Waals surface area contributed by atoms with E-state index in [0.717, 1.165) is 50.5 Å².